The maximum atomic E-state index is 6.24. The van der Waals surface area contributed by atoms with Crippen LogP contribution >= 0.6 is 23.1 Å². The van der Waals surface area contributed by atoms with Crippen molar-refractivity contribution in [3.63, 3.8) is 0 Å². The predicted molar refractivity (Wildman–Crippen MR) is 56.3 cm³/mol. The second kappa shape index (κ2) is 3.90. The molecular formula is C10H8ClNS. The largest absolute Gasteiger partial charge is 0.201 e. The molecule has 0 aliphatic rings. The Bertz CT molecular complexity index is 358. The lowest BCUT2D eigenvalue weighted by atomic mass is 10.1. The maximum Gasteiger partial charge on any atom is 0.0943 e. The van der Waals surface area contributed by atoms with E-state index >= 15 is 0 Å². The smallest absolute Gasteiger partial charge is 0.0943 e. The van der Waals surface area contributed by atoms with Crippen molar-refractivity contribution in [1.29, 1.82) is 0 Å². The van der Waals surface area contributed by atoms with Crippen LogP contribution in [0.3, 0.4) is 0 Å². The highest BCUT2D eigenvalue weighted by molar-refractivity contribution is 7.06. The number of alkyl halides is 1. The number of benzene rings is 1. The third kappa shape index (κ3) is 1.90. The van der Waals surface area contributed by atoms with Crippen LogP contribution in [0.2, 0.25) is 0 Å². The second-order valence-corrected chi connectivity index (χ2v) is 3.99. The minimum atomic E-state index is -0.0614. The summed E-state index contributed by atoms with van der Waals surface area (Å²) in [6, 6.07) is 12.0. The van der Waals surface area contributed by atoms with E-state index in [0.717, 1.165) is 10.4 Å². The summed E-state index contributed by atoms with van der Waals surface area (Å²) in [7, 11) is 0. The third-order valence-corrected chi connectivity index (χ3v) is 3.23. The summed E-state index contributed by atoms with van der Waals surface area (Å²) in [5.74, 6) is 0. The zero-order valence-electron chi connectivity index (χ0n) is 6.85. The molecule has 2 rings (SSSR count). The second-order valence-electron chi connectivity index (χ2n) is 2.69. The SMILES string of the molecule is ClC(c1ccccc1)c1ccns1. The molecule has 0 aliphatic heterocycles. The van der Waals surface area contributed by atoms with Gasteiger partial charge in [-0.1, -0.05) is 30.3 Å². The summed E-state index contributed by atoms with van der Waals surface area (Å²) in [6.45, 7) is 0. The van der Waals surface area contributed by atoms with Gasteiger partial charge in [0.2, 0.25) is 0 Å². The van der Waals surface area contributed by atoms with Crippen molar-refractivity contribution in [2.75, 3.05) is 0 Å². The summed E-state index contributed by atoms with van der Waals surface area (Å²) in [4.78, 5) is 1.09. The lowest BCUT2D eigenvalue weighted by molar-refractivity contribution is 1.18. The summed E-state index contributed by atoms with van der Waals surface area (Å²) in [5, 5.41) is -0.0614. The lowest BCUT2D eigenvalue weighted by Crippen LogP contribution is -1.88. The normalized spacial score (nSPS) is 12.7. The average molecular weight is 210 g/mol. The van der Waals surface area contributed by atoms with Crippen LogP contribution in [0.4, 0.5) is 0 Å². The van der Waals surface area contributed by atoms with Crippen molar-refractivity contribution < 1.29 is 0 Å². The summed E-state index contributed by atoms with van der Waals surface area (Å²) < 4.78 is 4.03. The van der Waals surface area contributed by atoms with Gasteiger partial charge in [-0.05, 0) is 23.2 Å². The number of hydrogen-bond donors (Lipinski definition) is 0. The number of nitrogens with zero attached hydrogens (tertiary/aromatic N) is 1. The van der Waals surface area contributed by atoms with E-state index in [1.165, 1.54) is 11.5 Å². The lowest BCUT2D eigenvalue weighted by Gasteiger charge is -2.05. The fourth-order valence-electron chi connectivity index (χ4n) is 1.14. The van der Waals surface area contributed by atoms with Crippen LogP contribution < -0.4 is 0 Å². The van der Waals surface area contributed by atoms with Gasteiger partial charge in [-0.15, -0.1) is 11.6 Å². The molecule has 3 heteroatoms. The fourth-order valence-corrected chi connectivity index (χ4v) is 2.07. The van der Waals surface area contributed by atoms with Crippen molar-refractivity contribution in [1.82, 2.24) is 4.37 Å². The standard InChI is InChI=1S/C10H8ClNS/c11-10(9-6-7-12-13-9)8-4-2-1-3-5-8/h1-7,10H. The third-order valence-electron chi connectivity index (χ3n) is 1.80. The Morgan fingerprint density at radius 1 is 1.15 bits per heavy atom. The average Bonchev–Trinajstić information content (AvgIpc) is 2.71. The first-order valence-corrected chi connectivity index (χ1v) is 5.18. The molecule has 0 amide bonds. The van der Waals surface area contributed by atoms with Gasteiger partial charge in [0.15, 0.2) is 0 Å². The molecule has 0 fully saturated rings. The Morgan fingerprint density at radius 3 is 2.54 bits per heavy atom. The minimum Gasteiger partial charge on any atom is -0.201 e. The zero-order valence-corrected chi connectivity index (χ0v) is 8.42. The van der Waals surface area contributed by atoms with Gasteiger partial charge in [0.1, 0.15) is 0 Å². The van der Waals surface area contributed by atoms with Crippen LogP contribution in [0.5, 0.6) is 0 Å². The molecule has 0 saturated carbocycles. The fraction of sp³-hybridized carbons (Fsp3) is 0.100. The molecule has 1 nitrogen and oxygen atoms in total. The summed E-state index contributed by atoms with van der Waals surface area (Å²) >= 11 is 7.69. The molecule has 1 atom stereocenters. The molecule has 13 heavy (non-hydrogen) atoms. The van der Waals surface area contributed by atoms with Crippen molar-refractivity contribution in [2.45, 2.75) is 5.38 Å². The Labute approximate surface area is 86.2 Å². The summed E-state index contributed by atoms with van der Waals surface area (Å²) in [6.07, 6.45) is 1.78. The van der Waals surface area contributed by atoms with Crippen molar-refractivity contribution >= 4 is 23.1 Å². The minimum absolute atomic E-state index is 0.0614. The molecule has 2 aromatic rings. The number of rotatable bonds is 2. The molecule has 0 bridgehead atoms. The Morgan fingerprint density at radius 2 is 1.92 bits per heavy atom. The van der Waals surface area contributed by atoms with Crippen LogP contribution in [-0.2, 0) is 0 Å². The topological polar surface area (TPSA) is 12.9 Å². The first-order chi connectivity index (χ1) is 6.38. The quantitative estimate of drug-likeness (QED) is 0.691. The molecule has 1 heterocycles. The van der Waals surface area contributed by atoms with Gasteiger partial charge in [0.25, 0.3) is 0 Å². The van der Waals surface area contributed by atoms with Crippen molar-refractivity contribution in [3.05, 3.63) is 53.0 Å². The van der Waals surface area contributed by atoms with E-state index < -0.39 is 0 Å². The summed E-state index contributed by atoms with van der Waals surface area (Å²) in [5.41, 5.74) is 1.12. The van der Waals surface area contributed by atoms with Crippen molar-refractivity contribution in [2.24, 2.45) is 0 Å². The van der Waals surface area contributed by atoms with E-state index in [0.29, 0.717) is 0 Å². The first kappa shape index (κ1) is 8.73. The Kier molecular flexibility index (Phi) is 2.62. The molecule has 1 aromatic heterocycles. The number of aromatic nitrogens is 1. The Balaban J connectivity index is 2.29. The molecule has 0 spiro atoms. The molecule has 1 unspecified atom stereocenters. The number of hydrogen-bond acceptors (Lipinski definition) is 2. The van der Waals surface area contributed by atoms with Crippen LogP contribution in [0.1, 0.15) is 15.8 Å². The monoisotopic (exact) mass is 209 g/mol. The van der Waals surface area contributed by atoms with E-state index in [1.807, 2.05) is 36.4 Å². The van der Waals surface area contributed by atoms with Crippen LogP contribution in [-0.4, -0.2) is 4.37 Å². The van der Waals surface area contributed by atoms with E-state index in [4.69, 9.17) is 11.6 Å². The van der Waals surface area contributed by atoms with Gasteiger partial charge < -0.3 is 0 Å². The number of halogens is 1. The maximum absolute atomic E-state index is 6.24. The highest BCUT2D eigenvalue weighted by atomic mass is 35.5. The van der Waals surface area contributed by atoms with E-state index in [-0.39, 0.29) is 5.38 Å². The first-order valence-electron chi connectivity index (χ1n) is 3.97. The molecule has 1 aromatic carbocycles. The van der Waals surface area contributed by atoms with Crippen LogP contribution in [0.25, 0.3) is 0 Å². The van der Waals surface area contributed by atoms with Gasteiger partial charge in [0, 0.05) is 11.1 Å². The van der Waals surface area contributed by atoms with Crippen LogP contribution in [0.15, 0.2) is 42.6 Å². The van der Waals surface area contributed by atoms with Gasteiger partial charge in [-0.25, -0.2) is 4.37 Å². The van der Waals surface area contributed by atoms with E-state index in [9.17, 15) is 0 Å². The molecular weight excluding hydrogens is 202 g/mol. The highest BCUT2D eigenvalue weighted by Gasteiger charge is 2.10. The van der Waals surface area contributed by atoms with E-state index in [2.05, 4.69) is 4.37 Å². The predicted octanol–water partition coefficient (Wildman–Crippen LogP) is 3.47. The van der Waals surface area contributed by atoms with Crippen molar-refractivity contribution in [3.8, 4) is 0 Å². The molecule has 0 saturated heterocycles. The Hall–Kier alpha value is -0.860. The molecule has 0 N–H and O–H groups in total. The molecule has 66 valence electrons. The highest BCUT2D eigenvalue weighted by Crippen LogP contribution is 2.30. The van der Waals surface area contributed by atoms with E-state index in [1.54, 1.807) is 6.20 Å². The van der Waals surface area contributed by atoms with Gasteiger partial charge in [0.05, 0.1) is 5.38 Å². The van der Waals surface area contributed by atoms with Crippen LogP contribution in [0, 0.1) is 0 Å². The molecule has 0 radical (unpaired) electrons. The zero-order chi connectivity index (χ0) is 9.10. The van der Waals surface area contributed by atoms with Gasteiger partial charge >= 0.3 is 0 Å². The van der Waals surface area contributed by atoms with Gasteiger partial charge in [-0.2, -0.15) is 0 Å². The molecule has 0 aliphatic carbocycles. The van der Waals surface area contributed by atoms with Gasteiger partial charge in [-0.3, -0.25) is 0 Å².